The zero-order valence-corrected chi connectivity index (χ0v) is 21.5. The number of amides is 1. The van der Waals surface area contributed by atoms with Crippen molar-refractivity contribution in [1.82, 2.24) is 0 Å². The Morgan fingerprint density at radius 1 is 1.06 bits per heavy atom. The Morgan fingerprint density at radius 3 is 2.33 bits per heavy atom. The molecule has 0 bridgehead atoms. The lowest BCUT2D eigenvalue weighted by Crippen LogP contribution is -2.15. The monoisotopic (exact) mass is 551 g/mol. The van der Waals surface area contributed by atoms with E-state index >= 15 is 0 Å². The maximum absolute atomic E-state index is 12.3. The van der Waals surface area contributed by atoms with Gasteiger partial charge in [-0.05, 0) is 66.9 Å². The summed E-state index contributed by atoms with van der Waals surface area (Å²) in [7, 11) is 2.14. The number of likely N-dealkylation sites (N-methyl/N-ethyl adjacent to an activating group) is 1. The van der Waals surface area contributed by atoms with Crippen molar-refractivity contribution < 1.29 is 24.3 Å². The minimum atomic E-state index is -1.14. The molecule has 0 saturated carbocycles. The van der Waals surface area contributed by atoms with Crippen LogP contribution in [0.15, 0.2) is 65.1 Å². The first kappa shape index (κ1) is 29.7. The molecular formula is C27H26BrN3O5. The molecule has 36 heavy (non-hydrogen) atoms. The Kier molecular flexibility index (Phi) is 12.3. The highest BCUT2D eigenvalue weighted by atomic mass is 79.9. The van der Waals surface area contributed by atoms with Crippen LogP contribution in [0.2, 0.25) is 0 Å². The number of hydrogen-bond acceptors (Lipinski definition) is 6. The van der Waals surface area contributed by atoms with Gasteiger partial charge in [0.1, 0.15) is 13.6 Å². The van der Waals surface area contributed by atoms with Crippen LogP contribution >= 0.6 is 15.9 Å². The quantitative estimate of drug-likeness (QED) is 0.474. The van der Waals surface area contributed by atoms with Gasteiger partial charge in [0.15, 0.2) is 0 Å². The summed E-state index contributed by atoms with van der Waals surface area (Å²) in [5.41, 5.74) is 4.53. The van der Waals surface area contributed by atoms with E-state index in [2.05, 4.69) is 57.5 Å². The summed E-state index contributed by atoms with van der Waals surface area (Å²) < 4.78 is 0.602. The van der Waals surface area contributed by atoms with Gasteiger partial charge in [0.25, 0.3) is 5.91 Å². The number of carboxylic acids is 1. The van der Waals surface area contributed by atoms with Crippen LogP contribution in [-0.2, 0) is 16.0 Å². The number of rotatable bonds is 3. The fourth-order valence-electron chi connectivity index (χ4n) is 3.48. The lowest BCUT2D eigenvalue weighted by Gasteiger charge is -2.10. The van der Waals surface area contributed by atoms with Crippen LogP contribution in [-0.4, -0.2) is 44.2 Å². The van der Waals surface area contributed by atoms with E-state index in [1.807, 2.05) is 19.6 Å². The number of carbonyl (C=O) groups is 4. The summed E-state index contributed by atoms with van der Waals surface area (Å²) in [4.78, 5) is 41.8. The second-order valence-corrected chi connectivity index (χ2v) is 8.36. The molecule has 1 aliphatic rings. The van der Waals surface area contributed by atoms with E-state index in [1.54, 1.807) is 25.1 Å². The van der Waals surface area contributed by atoms with Gasteiger partial charge in [0, 0.05) is 29.3 Å². The summed E-state index contributed by atoms with van der Waals surface area (Å²) in [6.45, 7) is 6.96. The lowest BCUT2D eigenvalue weighted by molar-refractivity contribution is -0.0987. The number of aryl methyl sites for hydroxylation is 1. The molecule has 0 aromatic heterocycles. The van der Waals surface area contributed by atoms with Crippen molar-refractivity contribution in [2.75, 3.05) is 23.8 Å². The molecule has 2 N–H and O–H groups in total. The van der Waals surface area contributed by atoms with E-state index in [1.165, 1.54) is 42.4 Å². The van der Waals surface area contributed by atoms with Crippen LogP contribution < -0.4 is 10.2 Å². The molecule has 1 amide bonds. The number of para-hydroxylation sites is 1. The fraction of sp³-hybridized carbons (Fsp3) is 0.148. The van der Waals surface area contributed by atoms with Crippen molar-refractivity contribution in [2.45, 2.75) is 13.3 Å². The van der Waals surface area contributed by atoms with E-state index in [9.17, 15) is 14.7 Å². The molecule has 1 aliphatic heterocycles. The Balaban J connectivity index is 0.000000382. The summed E-state index contributed by atoms with van der Waals surface area (Å²) in [5, 5.41) is 20.7. The highest BCUT2D eigenvalue weighted by molar-refractivity contribution is 9.10. The van der Waals surface area contributed by atoms with Gasteiger partial charge in [-0.25, -0.2) is 4.79 Å². The molecule has 9 heteroatoms. The van der Waals surface area contributed by atoms with Crippen molar-refractivity contribution in [1.29, 1.82) is 5.26 Å². The van der Waals surface area contributed by atoms with Crippen molar-refractivity contribution in [2.24, 2.45) is 0 Å². The number of nitrogens with one attached hydrogen (secondary N) is 1. The molecule has 1 heterocycles. The first-order valence-electron chi connectivity index (χ1n) is 10.5. The minimum absolute atomic E-state index is 0.0177. The summed E-state index contributed by atoms with van der Waals surface area (Å²) in [6.07, 6.45) is 1.21. The maximum Gasteiger partial charge on any atom is 0.337 e. The van der Waals surface area contributed by atoms with E-state index in [0.717, 1.165) is 5.56 Å². The maximum atomic E-state index is 12.3. The second-order valence-electron chi connectivity index (χ2n) is 7.45. The molecule has 0 atom stereocenters. The predicted octanol–water partition coefficient (Wildman–Crippen LogP) is 4.89. The third-order valence-corrected chi connectivity index (χ3v) is 5.54. The van der Waals surface area contributed by atoms with Gasteiger partial charge in [0.2, 0.25) is 0 Å². The molecule has 3 aromatic carbocycles. The summed E-state index contributed by atoms with van der Waals surface area (Å²) >= 11 is 3.19. The van der Waals surface area contributed by atoms with Crippen LogP contribution in [0.4, 0.5) is 11.4 Å². The number of anilines is 2. The molecule has 186 valence electrons. The smallest absolute Gasteiger partial charge is 0.337 e. The van der Waals surface area contributed by atoms with Gasteiger partial charge in [-0.2, -0.15) is 5.26 Å². The predicted molar refractivity (Wildman–Crippen MR) is 143 cm³/mol. The number of nitriles is 1. The Labute approximate surface area is 218 Å². The number of aromatic carboxylic acids is 1. The molecule has 0 saturated heterocycles. The topological polar surface area (TPSA) is 128 Å². The Hall–Kier alpha value is -4.29. The number of carboxylic acid groups (broad SMARTS) is 1. The van der Waals surface area contributed by atoms with E-state index < -0.39 is 11.9 Å². The number of carbonyl (C=O) groups excluding carboxylic acids is 3. The normalized spacial score (nSPS) is 10.6. The van der Waals surface area contributed by atoms with E-state index in [0.29, 0.717) is 15.6 Å². The van der Waals surface area contributed by atoms with Crippen molar-refractivity contribution in [3.63, 3.8) is 0 Å². The first-order valence-corrected chi connectivity index (χ1v) is 11.3. The average Bonchev–Trinajstić information content (AvgIpc) is 3.28. The molecular weight excluding hydrogens is 526 g/mol. The second kappa shape index (κ2) is 14.9. The lowest BCUT2D eigenvalue weighted by atomic mass is 10.1. The molecule has 0 radical (unpaired) electrons. The number of fused-ring (bicyclic) bond motifs is 1. The SMILES string of the molecule is C=O.C=O.CN1CCc2ccccc21.Cc1cc(C#N)cc(C(=O)Nc2ccc(Br)cc2C(=O)O)c1. The first-order chi connectivity index (χ1) is 17.3. The molecule has 4 rings (SSSR count). The third-order valence-electron chi connectivity index (χ3n) is 5.05. The van der Waals surface area contributed by atoms with Gasteiger partial charge in [-0.1, -0.05) is 34.1 Å². The van der Waals surface area contributed by atoms with Crippen molar-refractivity contribution >= 4 is 52.8 Å². The Bertz CT molecular complexity index is 1250. The highest BCUT2D eigenvalue weighted by Crippen LogP contribution is 2.25. The van der Waals surface area contributed by atoms with Gasteiger partial charge < -0.3 is 24.9 Å². The number of nitrogens with zero attached hydrogens (tertiary/aromatic N) is 2. The molecule has 0 aliphatic carbocycles. The van der Waals surface area contributed by atoms with Gasteiger partial charge in [-0.15, -0.1) is 0 Å². The zero-order valence-electron chi connectivity index (χ0n) is 20.0. The van der Waals surface area contributed by atoms with Gasteiger partial charge >= 0.3 is 5.97 Å². The van der Waals surface area contributed by atoms with Crippen LogP contribution in [0.5, 0.6) is 0 Å². The summed E-state index contributed by atoms with van der Waals surface area (Å²) in [5.74, 6) is -1.61. The van der Waals surface area contributed by atoms with Crippen LogP contribution in [0.3, 0.4) is 0 Å². The van der Waals surface area contributed by atoms with E-state index in [-0.39, 0.29) is 11.3 Å². The summed E-state index contributed by atoms with van der Waals surface area (Å²) in [6, 6.07) is 19.9. The zero-order chi connectivity index (χ0) is 27.3. The molecule has 0 fully saturated rings. The minimum Gasteiger partial charge on any atom is -0.478 e. The van der Waals surface area contributed by atoms with Crippen LogP contribution in [0, 0.1) is 18.3 Å². The van der Waals surface area contributed by atoms with Gasteiger partial charge in [-0.3, -0.25) is 4.79 Å². The molecule has 0 unspecified atom stereocenters. The van der Waals surface area contributed by atoms with Crippen LogP contribution in [0.25, 0.3) is 0 Å². The van der Waals surface area contributed by atoms with Crippen molar-refractivity contribution in [3.05, 3.63) is 93.0 Å². The fourth-order valence-corrected chi connectivity index (χ4v) is 3.84. The molecule has 0 spiro atoms. The third kappa shape index (κ3) is 8.18. The standard InChI is InChI=1S/C16H11BrN2O3.C9H11N.2CH2O/c1-9-4-10(8-18)6-11(5-9)15(20)19-14-3-2-12(17)7-13(14)16(21)22;1-10-7-6-8-4-2-3-5-9(8)10;2*1-2/h2-7H,1H3,(H,19,20)(H,21,22);2-5H,6-7H2,1H3;2*1H2. The number of benzene rings is 3. The number of halogens is 1. The van der Waals surface area contributed by atoms with Crippen LogP contribution in [0.1, 0.15) is 37.4 Å². The van der Waals surface area contributed by atoms with Gasteiger partial charge in [0.05, 0.1) is 22.9 Å². The Morgan fingerprint density at radius 2 is 1.72 bits per heavy atom. The van der Waals surface area contributed by atoms with E-state index in [4.69, 9.17) is 14.9 Å². The number of hydrogen-bond donors (Lipinski definition) is 2. The largest absolute Gasteiger partial charge is 0.478 e. The molecule has 8 nitrogen and oxygen atoms in total. The average molecular weight is 552 g/mol. The van der Waals surface area contributed by atoms with Crippen molar-refractivity contribution in [3.8, 4) is 6.07 Å². The molecule has 3 aromatic rings. The highest BCUT2D eigenvalue weighted by Gasteiger charge is 2.15.